The molecule has 6 nitrogen and oxygen atoms in total. The van der Waals surface area contributed by atoms with E-state index in [0.717, 1.165) is 0 Å². The molecule has 0 amide bonds. The molecule has 48 valence electrons. The highest BCUT2D eigenvalue weighted by molar-refractivity contribution is 5.69. The Bertz CT molecular complexity index is 199. The fraction of sp³-hybridized carbons (Fsp3) is 0. The van der Waals surface area contributed by atoms with Crippen LogP contribution in [0, 0.1) is 0 Å². The van der Waals surface area contributed by atoms with Gasteiger partial charge in [0.25, 0.3) is 0 Å². The third-order valence-electron chi connectivity index (χ3n) is 0.857. The molecule has 1 heterocycles. The Hall–Kier alpha value is -1.59. The first kappa shape index (κ1) is 5.54. The molecule has 0 saturated carbocycles. The van der Waals surface area contributed by atoms with Crippen molar-refractivity contribution in [2.75, 3.05) is 17.2 Å². The third-order valence-corrected chi connectivity index (χ3v) is 0.857. The Kier molecular flexibility index (Phi) is 1.07. The number of nitrogen functional groups attached to an aromatic ring is 3. The number of nitrogens with zero attached hydrogens (tertiary/aromatic N) is 3. The zero-order chi connectivity index (χ0) is 6.85. The quantitative estimate of drug-likeness (QED) is 0.394. The lowest BCUT2D eigenvalue weighted by molar-refractivity contribution is 0.884. The summed E-state index contributed by atoms with van der Waals surface area (Å²) in [6, 6.07) is 0. The van der Waals surface area contributed by atoms with Crippen molar-refractivity contribution >= 4 is 17.3 Å². The molecule has 1 aromatic heterocycles. The summed E-state index contributed by atoms with van der Waals surface area (Å²) in [6.07, 6.45) is 0. The van der Waals surface area contributed by atoms with Crippen molar-refractivity contribution in [2.45, 2.75) is 0 Å². The average Bonchev–Trinajstić information content (AvgIpc) is 1.83. The van der Waals surface area contributed by atoms with Crippen molar-refractivity contribution in [3.05, 3.63) is 0 Å². The monoisotopic (exact) mass is 126 g/mol. The van der Waals surface area contributed by atoms with E-state index in [1.165, 1.54) is 0 Å². The van der Waals surface area contributed by atoms with E-state index in [1.807, 2.05) is 0 Å². The molecule has 6 N–H and O–H groups in total. The average molecular weight is 126 g/mol. The smallest absolute Gasteiger partial charge is 0.174 e. The topological polar surface area (TPSA) is 117 Å². The van der Waals surface area contributed by atoms with Crippen LogP contribution in [0.5, 0.6) is 0 Å². The minimum absolute atomic E-state index is 0.113. The molecule has 1 aromatic rings. The van der Waals surface area contributed by atoms with E-state index >= 15 is 0 Å². The minimum atomic E-state index is 0.113. The van der Waals surface area contributed by atoms with Crippen molar-refractivity contribution < 1.29 is 0 Å². The van der Waals surface area contributed by atoms with Gasteiger partial charge in [0.15, 0.2) is 11.6 Å². The van der Waals surface area contributed by atoms with E-state index in [9.17, 15) is 0 Å². The predicted octanol–water partition coefficient (Wildman–Crippen LogP) is -1.38. The largest absolute Gasteiger partial charge is 0.393 e. The van der Waals surface area contributed by atoms with Crippen molar-refractivity contribution in [1.82, 2.24) is 15.4 Å². The van der Waals surface area contributed by atoms with Crippen LogP contribution < -0.4 is 17.2 Å². The van der Waals surface area contributed by atoms with Crippen molar-refractivity contribution in [1.29, 1.82) is 0 Å². The van der Waals surface area contributed by atoms with Gasteiger partial charge >= 0.3 is 0 Å². The highest BCUT2D eigenvalue weighted by Gasteiger charge is 1.99. The summed E-state index contributed by atoms with van der Waals surface area (Å²) in [4.78, 5) is 0. The normalized spacial score (nSPS) is 9.33. The van der Waals surface area contributed by atoms with Gasteiger partial charge in [-0.05, 0) is 5.21 Å². The molecule has 0 aromatic carbocycles. The molecule has 0 spiro atoms. The van der Waals surface area contributed by atoms with E-state index in [2.05, 4.69) is 15.4 Å². The molecule has 6 heteroatoms. The Morgan fingerprint density at radius 3 is 1.67 bits per heavy atom. The van der Waals surface area contributed by atoms with Gasteiger partial charge in [-0.25, -0.2) is 0 Å². The first-order valence-corrected chi connectivity index (χ1v) is 2.21. The van der Waals surface area contributed by atoms with Gasteiger partial charge in [-0.2, -0.15) is 0 Å². The molecule has 0 atom stereocenters. The highest BCUT2D eigenvalue weighted by Crippen LogP contribution is 2.13. The van der Waals surface area contributed by atoms with Gasteiger partial charge in [0.1, 0.15) is 5.69 Å². The number of rotatable bonds is 0. The third kappa shape index (κ3) is 0.809. The molecule has 9 heavy (non-hydrogen) atoms. The summed E-state index contributed by atoms with van der Waals surface area (Å²) in [5.74, 6) is 0.227. The second-order valence-electron chi connectivity index (χ2n) is 1.47. The fourth-order valence-electron chi connectivity index (χ4n) is 0.358. The lowest BCUT2D eigenvalue weighted by Gasteiger charge is -1.96. The van der Waals surface area contributed by atoms with Crippen molar-refractivity contribution in [2.24, 2.45) is 0 Å². The lowest BCUT2D eigenvalue weighted by Crippen LogP contribution is -2.06. The standard InChI is InChI=1S/C3H6N6/c4-1-2(5)7-9-8-3(1)6/h(H2,4,9)(H4,5,6,7,8). The summed E-state index contributed by atoms with van der Waals surface area (Å²) in [5.41, 5.74) is 15.9. The van der Waals surface area contributed by atoms with Crippen LogP contribution in [0.1, 0.15) is 0 Å². The SMILES string of the molecule is Nc1nnnc(N)c1N. The first-order chi connectivity index (χ1) is 4.22. The zero-order valence-electron chi connectivity index (χ0n) is 4.57. The van der Waals surface area contributed by atoms with Crippen molar-refractivity contribution in [3.63, 3.8) is 0 Å². The maximum absolute atomic E-state index is 5.27. The Morgan fingerprint density at radius 2 is 1.33 bits per heavy atom. The Labute approximate surface area is 51.0 Å². The predicted molar refractivity (Wildman–Crippen MR) is 33.1 cm³/mol. The molecule has 0 aliphatic heterocycles. The number of anilines is 3. The van der Waals surface area contributed by atoms with E-state index in [1.54, 1.807) is 0 Å². The van der Waals surface area contributed by atoms with Crippen LogP contribution in [0.2, 0.25) is 0 Å². The fourth-order valence-corrected chi connectivity index (χ4v) is 0.358. The van der Waals surface area contributed by atoms with Crippen LogP contribution >= 0.6 is 0 Å². The zero-order valence-corrected chi connectivity index (χ0v) is 4.57. The van der Waals surface area contributed by atoms with Gasteiger partial charge in [0, 0.05) is 0 Å². The molecule has 0 aliphatic carbocycles. The van der Waals surface area contributed by atoms with E-state index in [4.69, 9.17) is 17.2 Å². The van der Waals surface area contributed by atoms with Crippen LogP contribution in [0.25, 0.3) is 0 Å². The number of aromatic nitrogens is 3. The molecule has 0 bridgehead atoms. The van der Waals surface area contributed by atoms with Gasteiger partial charge in [0.2, 0.25) is 0 Å². The second kappa shape index (κ2) is 1.73. The van der Waals surface area contributed by atoms with E-state index < -0.39 is 0 Å². The van der Waals surface area contributed by atoms with Crippen LogP contribution in [-0.2, 0) is 0 Å². The van der Waals surface area contributed by atoms with Gasteiger partial charge < -0.3 is 17.2 Å². The summed E-state index contributed by atoms with van der Waals surface area (Å²) in [6.45, 7) is 0. The van der Waals surface area contributed by atoms with E-state index in [0.29, 0.717) is 0 Å². The van der Waals surface area contributed by atoms with Crippen LogP contribution in [0.4, 0.5) is 17.3 Å². The first-order valence-electron chi connectivity index (χ1n) is 2.21. The van der Waals surface area contributed by atoms with Crippen molar-refractivity contribution in [3.8, 4) is 0 Å². The molecular weight excluding hydrogens is 120 g/mol. The minimum Gasteiger partial charge on any atom is -0.393 e. The van der Waals surface area contributed by atoms with Crippen LogP contribution in [-0.4, -0.2) is 15.4 Å². The molecule has 0 aliphatic rings. The molecule has 1 rings (SSSR count). The molecular formula is C3H6N6. The van der Waals surface area contributed by atoms with Crippen LogP contribution in [0.3, 0.4) is 0 Å². The van der Waals surface area contributed by atoms with Gasteiger partial charge in [-0.15, -0.1) is 10.2 Å². The number of nitrogens with two attached hydrogens (primary N) is 3. The molecule has 0 saturated heterocycles. The molecule has 0 fully saturated rings. The Balaban J connectivity index is 3.25. The van der Waals surface area contributed by atoms with E-state index in [-0.39, 0.29) is 17.3 Å². The number of hydrogen-bond acceptors (Lipinski definition) is 6. The summed E-state index contributed by atoms with van der Waals surface area (Å²) in [7, 11) is 0. The lowest BCUT2D eigenvalue weighted by atomic mass is 10.5. The van der Waals surface area contributed by atoms with Gasteiger partial charge in [0.05, 0.1) is 0 Å². The number of hydrogen-bond donors (Lipinski definition) is 3. The maximum Gasteiger partial charge on any atom is 0.174 e. The summed E-state index contributed by atoms with van der Waals surface area (Å²) < 4.78 is 0. The van der Waals surface area contributed by atoms with Gasteiger partial charge in [-0.1, -0.05) is 0 Å². The molecule has 0 unspecified atom stereocenters. The highest BCUT2D eigenvalue weighted by atomic mass is 15.3. The molecule has 0 radical (unpaired) electrons. The van der Waals surface area contributed by atoms with Crippen LogP contribution in [0.15, 0.2) is 0 Å². The summed E-state index contributed by atoms with van der Waals surface area (Å²) >= 11 is 0. The maximum atomic E-state index is 5.27. The summed E-state index contributed by atoms with van der Waals surface area (Å²) in [5, 5.41) is 9.92. The Morgan fingerprint density at radius 1 is 0.889 bits per heavy atom. The van der Waals surface area contributed by atoms with Gasteiger partial charge in [-0.3, -0.25) is 0 Å². The second-order valence-corrected chi connectivity index (χ2v) is 1.47.